The first-order valence-electron chi connectivity index (χ1n) is 3.61. The van der Waals surface area contributed by atoms with Gasteiger partial charge in [-0.1, -0.05) is 18.7 Å². The molecular formula is C8H9N3S. The van der Waals surface area contributed by atoms with E-state index in [0.29, 0.717) is 5.56 Å². The number of aryl methyl sites for hydroxylation is 1. The van der Waals surface area contributed by atoms with E-state index in [9.17, 15) is 0 Å². The molecule has 0 bridgehead atoms. The Kier molecular flexibility index (Phi) is 3.06. The minimum atomic E-state index is 0.579. The van der Waals surface area contributed by atoms with Crippen molar-refractivity contribution in [2.45, 2.75) is 18.5 Å². The molecule has 0 N–H and O–H groups in total. The zero-order valence-corrected chi connectivity index (χ0v) is 7.85. The van der Waals surface area contributed by atoms with Crippen LogP contribution in [0, 0.1) is 11.3 Å². The molecule has 62 valence electrons. The second kappa shape index (κ2) is 4.07. The second-order valence-corrected chi connectivity index (χ2v) is 2.96. The van der Waals surface area contributed by atoms with Gasteiger partial charge in [0.25, 0.3) is 0 Å². The molecule has 0 fully saturated rings. The number of aromatic nitrogens is 2. The molecule has 0 radical (unpaired) electrons. The van der Waals surface area contributed by atoms with Crippen molar-refractivity contribution in [1.82, 2.24) is 9.97 Å². The zero-order chi connectivity index (χ0) is 8.97. The highest BCUT2D eigenvalue weighted by atomic mass is 32.2. The predicted molar refractivity (Wildman–Crippen MR) is 47.9 cm³/mol. The van der Waals surface area contributed by atoms with Gasteiger partial charge in [0.1, 0.15) is 6.07 Å². The monoisotopic (exact) mass is 179 g/mol. The van der Waals surface area contributed by atoms with E-state index in [0.717, 1.165) is 17.3 Å². The smallest absolute Gasteiger partial charge is 0.187 e. The standard InChI is InChI=1S/C8H9N3S/c1-3-7-6(4-9)5-10-8(11-7)12-2/h5H,3H2,1-2H3. The highest BCUT2D eigenvalue weighted by Gasteiger charge is 2.03. The van der Waals surface area contributed by atoms with E-state index < -0.39 is 0 Å². The molecule has 4 heteroatoms. The number of nitrogens with zero attached hydrogens (tertiary/aromatic N) is 3. The molecule has 0 aliphatic rings. The molecule has 12 heavy (non-hydrogen) atoms. The number of thioether (sulfide) groups is 1. The Morgan fingerprint density at radius 3 is 2.92 bits per heavy atom. The van der Waals surface area contributed by atoms with Gasteiger partial charge in [-0.3, -0.25) is 0 Å². The minimum absolute atomic E-state index is 0.579. The summed E-state index contributed by atoms with van der Waals surface area (Å²) in [5, 5.41) is 9.40. The quantitative estimate of drug-likeness (QED) is 0.511. The summed E-state index contributed by atoms with van der Waals surface area (Å²) in [4.78, 5) is 8.22. The molecule has 0 aromatic carbocycles. The molecule has 0 aliphatic heterocycles. The maximum absolute atomic E-state index is 8.68. The van der Waals surface area contributed by atoms with Crippen LogP contribution in [0.1, 0.15) is 18.2 Å². The van der Waals surface area contributed by atoms with Crippen molar-refractivity contribution in [3.8, 4) is 6.07 Å². The molecule has 0 unspecified atom stereocenters. The number of hydrogen-bond donors (Lipinski definition) is 0. The fraction of sp³-hybridized carbons (Fsp3) is 0.375. The molecule has 0 spiro atoms. The van der Waals surface area contributed by atoms with E-state index in [4.69, 9.17) is 5.26 Å². The highest BCUT2D eigenvalue weighted by Crippen LogP contribution is 2.11. The summed E-state index contributed by atoms with van der Waals surface area (Å²) < 4.78 is 0. The highest BCUT2D eigenvalue weighted by molar-refractivity contribution is 7.98. The Bertz CT molecular complexity index is 317. The lowest BCUT2D eigenvalue weighted by atomic mass is 10.2. The number of rotatable bonds is 2. The Hall–Kier alpha value is -1.08. The fourth-order valence-corrected chi connectivity index (χ4v) is 1.22. The average molecular weight is 179 g/mol. The summed E-state index contributed by atoms with van der Waals surface area (Å²) >= 11 is 1.49. The molecule has 1 rings (SSSR count). The molecule has 0 atom stereocenters. The van der Waals surface area contributed by atoms with Gasteiger partial charge in [0.2, 0.25) is 0 Å². The lowest BCUT2D eigenvalue weighted by Crippen LogP contribution is -1.96. The van der Waals surface area contributed by atoms with Crippen molar-refractivity contribution >= 4 is 11.8 Å². The van der Waals surface area contributed by atoms with E-state index in [1.807, 2.05) is 13.2 Å². The van der Waals surface area contributed by atoms with E-state index in [1.54, 1.807) is 6.20 Å². The SMILES string of the molecule is CCc1nc(SC)ncc1C#N. The summed E-state index contributed by atoms with van der Waals surface area (Å²) in [6.07, 6.45) is 4.28. The molecular weight excluding hydrogens is 170 g/mol. The maximum atomic E-state index is 8.68. The summed E-state index contributed by atoms with van der Waals surface area (Å²) in [7, 11) is 0. The van der Waals surface area contributed by atoms with Gasteiger partial charge in [-0.05, 0) is 12.7 Å². The van der Waals surface area contributed by atoms with Gasteiger partial charge in [-0.2, -0.15) is 5.26 Å². The Morgan fingerprint density at radius 2 is 2.42 bits per heavy atom. The van der Waals surface area contributed by atoms with Crippen molar-refractivity contribution in [2.24, 2.45) is 0 Å². The third-order valence-electron chi connectivity index (χ3n) is 1.48. The first-order chi connectivity index (χ1) is 5.81. The molecule has 1 aromatic rings. The van der Waals surface area contributed by atoms with Gasteiger partial charge in [-0.15, -0.1) is 0 Å². The first-order valence-corrected chi connectivity index (χ1v) is 4.84. The van der Waals surface area contributed by atoms with Crippen molar-refractivity contribution in [3.63, 3.8) is 0 Å². The van der Waals surface area contributed by atoms with Crippen LogP contribution < -0.4 is 0 Å². The number of hydrogen-bond acceptors (Lipinski definition) is 4. The molecule has 3 nitrogen and oxygen atoms in total. The van der Waals surface area contributed by atoms with Crippen molar-refractivity contribution in [3.05, 3.63) is 17.5 Å². The van der Waals surface area contributed by atoms with Crippen LogP contribution in [0.5, 0.6) is 0 Å². The third-order valence-corrected chi connectivity index (χ3v) is 2.05. The minimum Gasteiger partial charge on any atom is -0.230 e. The van der Waals surface area contributed by atoms with Crippen molar-refractivity contribution in [1.29, 1.82) is 5.26 Å². The van der Waals surface area contributed by atoms with Gasteiger partial charge < -0.3 is 0 Å². The summed E-state index contributed by atoms with van der Waals surface area (Å²) in [6, 6.07) is 2.06. The van der Waals surface area contributed by atoms with Crippen molar-refractivity contribution < 1.29 is 0 Å². The lowest BCUT2D eigenvalue weighted by molar-refractivity contribution is 0.883. The Morgan fingerprint density at radius 1 is 1.67 bits per heavy atom. The molecule has 0 aliphatic carbocycles. The average Bonchev–Trinajstić information content (AvgIpc) is 2.16. The predicted octanol–water partition coefficient (Wildman–Crippen LogP) is 1.63. The van der Waals surface area contributed by atoms with Crippen LogP contribution in [-0.4, -0.2) is 16.2 Å². The summed E-state index contributed by atoms with van der Waals surface area (Å²) in [6.45, 7) is 1.98. The van der Waals surface area contributed by atoms with E-state index in [-0.39, 0.29) is 0 Å². The fourth-order valence-electron chi connectivity index (χ4n) is 0.860. The normalized spacial score (nSPS) is 9.42. The van der Waals surface area contributed by atoms with Crippen LogP contribution in [0.4, 0.5) is 0 Å². The van der Waals surface area contributed by atoms with Crippen LogP contribution in [0.3, 0.4) is 0 Å². The second-order valence-electron chi connectivity index (χ2n) is 2.18. The Labute approximate surface area is 75.8 Å². The summed E-state index contributed by atoms with van der Waals surface area (Å²) in [5.41, 5.74) is 1.41. The Balaban J connectivity index is 3.13. The van der Waals surface area contributed by atoms with Crippen LogP contribution in [0.15, 0.2) is 11.4 Å². The van der Waals surface area contributed by atoms with Crippen LogP contribution >= 0.6 is 11.8 Å². The number of nitriles is 1. The topological polar surface area (TPSA) is 49.6 Å². The van der Waals surface area contributed by atoms with Gasteiger partial charge in [0.05, 0.1) is 11.3 Å². The lowest BCUT2D eigenvalue weighted by Gasteiger charge is -1.99. The van der Waals surface area contributed by atoms with E-state index in [2.05, 4.69) is 16.0 Å². The zero-order valence-electron chi connectivity index (χ0n) is 7.03. The molecule has 1 aromatic heterocycles. The largest absolute Gasteiger partial charge is 0.230 e. The molecule has 1 heterocycles. The van der Waals surface area contributed by atoms with Crippen LogP contribution in [0.2, 0.25) is 0 Å². The molecule has 0 amide bonds. The molecule has 0 saturated carbocycles. The van der Waals surface area contributed by atoms with Gasteiger partial charge in [-0.25, -0.2) is 9.97 Å². The van der Waals surface area contributed by atoms with Crippen LogP contribution in [0.25, 0.3) is 0 Å². The van der Waals surface area contributed by atoms with Gasteiger partial charge in [0, 0.05) is 6.20 Å². The van der Waals surface area contributed by atoms with Crippen molar-refractivity contribution in [2.75, 3.05) is 6.26 Å². The van der Waals surface area contributed by atoms with Gasteiger partial charge >= 0.3 is 0 Å². The van der Waals surface area contributed by atoms with E-state index in [1.165, 1.54) is 11.8 Å². The maximum Gasteiger partial charge on any atom is 0.187 e. The van der Waals surface area contributed by atoms with E-state index >= 15 is 0 Å². The molecule has 0 saturated heterocycles. The first kappa shape index (κ1) is 9.01. The van der Waals surface area contributed by atoms with Crippen LogP contribution in [-0.2, 0) is 6.42 Å². The third kappa shape index (κ3) is 1.74. The summed E-state index contributed by atoms with van der Waals surface area (Å²) in [5.74, 6) is 0. The van der Waals surface area contributed by atoms with Gasteiger partial charge in [0.15, 0.2) is 5.16 Å².